The Kier molecular flexibility index (Phi) is 4.91. The van der Waals surface area contributed by atoms with E-state index in [0.717, 1.165) is 36.2 Å². The van der Waals surface area contributed by atoms with Crippen molar-refractivity contribution in [2.24, 2.45) is 0 Å². The number of amides is 1. The minimum Gasteiger partial charge on any atom is -0.312 e. The fourth-order valence-corrected chi connectivity index (χ4v) is 5.74. The standard InChI is InChI=1S/C23H24N4O3S/c1-16-14-17(10-12-24-16)20-15-27(21-4-2-11-25-23(20)21)31(29,30)19-8-6-18(7-9-19)26-13-3-5-22(26)28/h2,4,6-11,15-16,24H,3,5,12-14H2,1H3. The van der Waals surface area contributed by atoms with E-state index in [4.69, 9.17) is 0 Å². The van der Waals surface area contributed by atoms with E-state index in [9.17, 15) is 13.2 Å². The van der Waals surface area contributed by atoms with Crippen molar-refractivity contribution in [3.05, 3.63) is 60.4 Å². The van der Waals surface area contributed by atoms with Crippen molar-refractivity contribution >= 4 is 38.2 Å². The Morgan fingerprint density at radius 3 is 2.68 bits per heavy atom. The minimum atomic E-state index is -3.82. The molecule has 2 aliphatic heterocycles. The summed E-state index contributed by atoms with van der Waals surface area (Å²) in [4.78, 5) is 18.4. The second-order valence-corrected chi connectivity index (χ2v) is 9.92. The van der Waals surface area contributed by atoms with Crippen LogP contribution >= 0.6 is 0 Å². The zero-order chi connectivity index (χ0) is 21.6. The van der Waals surface area contributed by atoms with Gasteiger partial charge in [0.25, 0.3) is 10.0 Å². The third-order valence-corrected chi connectivity index (χ3v) is 7.68. The third kappa shape index (κ3) is 3.45. The zero-order valence-electron chi connectivity index (χ0n) is 17.3. The number of aromatic nitrogens is 2. The number of anilines is 1. The first-order valence-electron chi connectivity index (χ1n) is 10.5. The molecule has 31 heavy (non-hydrogen) atoms. The lowest BCUT2D eigenvalue weighted by Gasteiger charge is -2.20. The van der Waals surface area contributed by atoms with Crippen LogP contribution in [0.25, 0.3) is 16.6 Å². The van der Waals surface area contributed by atoms with Gasteiger partial charge in [0.2, 0.25) is 5.91 Å². The highest BCUT2D eigenvalue weighted by Crippen LogP contribution is 2.32. The van der Waals surface area contributed by atoms with E-state index in [1.165, 1.54) is 3.97 Å². The number of carbonyl (C=O) groups excluding carboxylic acids is 1. The summed E-state index contributed by atoms with van der Waals surface area (Å²) in [6.45, 7) is 3.53. The molecule has 0 radical (unpaired) electrons. The average molecular weight is 437 g/mol. The van der Waals surface area contributed by atoms with Crippen LogP contribution in [0, 0.1) is 0 Å². The van der Waals surface area contributed by atoms with Crippen molar-refractivity contribution in [3.8, 4) is 0 Å². The van der Waals surface area contributed by atoms with Crippen LogP contribution in [0.1, 0.15) is 31.7 Å². The zero-order valence-corrected chi connectivity index (χ0v) is 18.1. The van der Waals surface area contributed by atoms with Gasteiger partial charge in [-0.15, -0.1) is 0 Å². The number of benzene rings is 1. The molecule has 0 saturated carbocycles. The molecule has 4 heterocycles. The van der Waals surface area contributed by atoms with Gasteiger partial charge >= 0.3 is 0 Å². The first kappa shape index (κ1) is 20.0. The number of carbonyl (C=O) groups is 1. The normalized spacial score (nSPS) is 19.8. The van der Waals surface area contributed by atoms with E-state index >= 15 is 0 Å². The van der Waals surface area contributed by atoms with Gasteiger partial charge in [0.05, 0.1) is 15.9 Å². The van der Waals surface area contributed by atoms with Gasteiger partial charge < -0.3 is 10.2 Å². The molecule has 1 saturated heterocycles. The molecule has 2 aromatic heterocycles. The van der Waals surface area contributed by atoms with E-state index in [0.29, 0.717) is 30.0 Å². The summed E-state index contributed by atoms with van der Waals surface area (Å²) in [5, 5.41) is 3.37. The van der Waals surface area contributed by atoms with Crippen molar-refractivity contribution in [3.63, 3.8) is 0 Å². The van der Waals surface area contributed by atoms with Gasteiger partial charge in [-0.3, -0.25) is 9.78 Å². The molecular weight excluding hydrogens is 412 g/mol. The Labute approximate surface area is 181 Å². The number of rotatable bonds is 4. The smallest absolute Gasteiger partial charge is 0.268 e. The summed E-state index contributed by atoms with van der Waals surface area (Å²) in [6.07, 6.45) is 7.66. The van der Waals surface area contributed by atoms with Crippen LogP contribution in [0.3, 0.4) is 0 Å². The van der Waals surface area contributed by atoms with Crippen LogP contribution in [0.5, 0.6) is 0 Å². The van der Waals surface area contributed by atoms with Crippen LogP contribution in [0.4, 0.5) is 5.69 Å². The lowest BCUT2D eigenvalue weighted by atomic mass is 9.97. The van der Waals surface area contributed by atoms with E-state index in [1.54, 1.807) is 53.7 Å². The predicted molar refractivity (Wildman–Crippen MR) is 120 cm³/mol. The molecule has 0 spiro atoms. The molecule has 160 valence electrons. The van der Waals surface area contributed by atoms with Crippen LogP contribution < -0.4 is 10.2 Å². The predicted octanol–water partition coefficient (Wildman–Crippen LogP) is 3.17. The lowest BCUT2D eigenvalue weighted by molar-refractivity contribution is -0.117. The minimum absolute atomic E-state index is 0.0761. The van der Waals surface area contributed by atoms with E-state index in [1.807, 2.05) is 0 Å². The van der Waals surface area contributed by atoms with Crippen LogP contribution in [-0.4, -0.2) is 42.4 Å². The number of nitrogens with zero attached hydrogens (tertiary/aromatic N) is 3. The molecule has 7 nitrogen and oxygen atoms in total. The summed E-state index contributed by atoms with van der Waals surface area (Å²) in [5.74, 6) is 0.0761. The van der Waals surface area contributed by atoms with Gasteiger partial charge in [-0.05, 0) is 61.7 Å². The molecule has 2 aliphatic rings. The average Bonchev–Trinajstić information content (AvgIpc) is 3.38. The number of fused-ring (bicyclic) bond motifs is 1. The largest absolute Gasteiger partial charge is 0.312 e. The van der Waals surface area contributed by atoms with Gasteiger partial charge in [0, 0.05) is 49.2 Å². The van der Waals surface area contributed by atoms with E-state index in [-0.39, 0.29) is 10.8 Å². The van der Waals surface area contributed by atoms with Crippen molar-refractivity contribution in [1.82, 2.24) is 14.3 Å². The molecule has 3 aromatic rings. The molecule has 1 unspecified atom stereocenters. The Hall–Kier alpha value is -2.97. The molecule has 5 rings (SSSR count). The maximum Gasteiger partial charge on any atom is 0.268 e. The van der Waals surface area contributed by atoms with Crippen LogP contribution in [0.2, 0.25) is 0 Å². The van der Waals surface area contributed by atoms with Crippen molar-refractivity contribution < 1.29 is 13.2 Å². The van der Waals surface area contributed by atoms with Crippen molar-refractivity contribution in [2.75, 3.05) is 18.0 Å². The summed E-state index contributed by atoms with van der Waals surface area (Å²) >= 11 is 0. The molecule has 1 atom stereocenters. The third-order valence-electron chi connectivity index (χ3n) is 5.99. The quantitative estimate of drug-likeness (QED) is 0.679. The molecule has 1 N–H and O–H groups in total. The fourth-order valence-electron chi connectivity index (χ4n) is 4.39. The lowest BCUT2D eigenvalue weighted by Crippen LogP contribution is -2.29. The van der Waals surface area contributed by atoms with Gasteiger partial charge in [0.1, 0.15) is 0 Å². The molecule has 1 aromatic carbocycles. The molecule has 8 heteroatoms. The second-order valence-electron chi connectivity index (χ2n) is 8.10. The Bertz CT molecular complexity index is 1290. The molecular formula is C23H24N4O3S. The first-order valence-corrected chi connectivity index (χ1v) is 11.9. The first-order chi connectivity index (χ1) is 14.9. The van der Waals surface area contributed by atoms with Gasteiger partial charge in [-0.1, -0.05) is 6.08 Å². The highest BCUT2D eigenvalue weighted by Gasteiger charge is 2.26. The Morgan fingerprint density at radius 1 is 1.16 bits per heavy atom. The molecule has 1 amide bonds. The van der Waals surface area contributed by atoms with Crippen molar-refractivity contribution in [2.45, 2.75) is 37.1 Å². The monoisotopic (exact) mass is 436 g/mol. The van der Waals surface area contributed by atoms with Gasteiger partial charge in [-0.2, -0.15) is 0 Å². The Balaban J connectivity index is 1.57. The van der Waals surface area contributed by atoms with Crippen LogP contribution in [0.15, 0.2) is 59.8 Å². The summed E-state index contributed by atoms with van der Waals surface area (Å²) < 4.78 is 28.4. The molecule has 0 bridgehead atoms. The Morgan fingerprint density at radius 2 is 1.97 bits per heavy atom. The summed E-state index contributed by atoms with van der Waals surface area (Å²) in [7, 11) is -3.82. The fraction of sp³-hybridized carbons (Fsp3) is 0.304. The van der Waals surface area contributed by atoms with Crippen LogP contribution in [-0.2, 0) is 14.8 Å². The second kappa shape index (κ2) is 7.62. The number of hydrogen-bond acceptors (Lipinski definition) is 5. The highest BCUT2D eigenvalue weighted by atomic mass is 32.2. The van der Waals surface area contributed by atoms with E-state index < -0.39 is 10.0 Å². The maximum absolute atomic E-state index is 13.5. The van der Waals surface area contributed by atoms with Gasteiger partial charge in [-0.25, -0.2) is 12.4 Å². The maximum atomic E-state index is 13.5. The van der Waals surface area contributed by atoms with Crippen molar-refractivity contribution in [1.29, 1.82) is 0 Å². The number of pyridine rings is 1. The molecule has 0 aliphatic carbocycles. The molecule has 1 fully saturated rings. The number of hydrogen-bond donors (Lipinski definition) is 1. The van der Waals surface area contributed by atoms with Gasteiger partial charge in [0.15, 0.2) is 0 Å². The summed E-state index contributed by atoms with van der Waals surface area (Å²) in [5.41, 5.74) is 3.93. The SMILES string of the molecule is CC1CC(c2cn(S(=O)(=O)c3ccc(N4CCCC4=O)cc3)c3cccnc23)=CCN1. The highest BCUT2D eigenvalue weighted by molar-refractivity contribution is 7.90. The number of nitrogens with one attached hydrogen (secondary N) is 1. The van der Waals surface area contributed by atoms with E-state index in [2.05, 4.69) is 23.3 Å². The summed E-state index contributed by atoms with van der Waals surface area (Å²) in [6, 6.07) is 10.4. The topological polar surface area (TPSA) is 84.3 Å².